The second kappa shape index (κ2) is 6.08. The first kappa shape index (κ1) is 16.8. The van der Waals surface area contributed by atoms with Crippen molar-refractivity contribution in [2.45, 2.75) is 24.9 Å². The summed E-state index contributed by atoms with van der Waals surface area (Å²) in [5, 5.41) is 2.62. The Hall–Kier alpha value is -2.09. The van der Waals surface area contributed by atoms with Crippen LogP contribution in [0.3, 0.4) is 0 Å². The van der Waals surface area contributed by atoms with Crippen LogP contribution in [0.4, 0.5) is 24.5 Å². The molecule has 1 N–H and O–H groups in total. The summed E-state index contributed by atoms with van der Waals surface area (Å²) in [6, 6.07) is 3.32. The van der Waals surface area contributed by atoms with Gasteiger partial charge in [-0.15, -0.1) is 11.3 Å². The van der Waals surface area contributed by atoms with Crippen molar-refractivity contribution in [2.24, 2.45) is 0 Å². The summed E-state index contributed by atoms with van der Waals surface area (Å²) in [5.74, 6) is -0.117. The first-order valence-corrected chi connectivity index (χ1v) is 8.28. The summed E-state index contributed by atoms with van der Waals surface area (Å²) < 4.78 is 38.9. The highest BCUT2D eigenvalue weighted by molar-refractivity contribution is 7.12. The molecule has 0 bridgehead atoms. The van der Waals surface area contributed by atoms with Gasteiger partial charge in [0.25, 0.3) is 5.91 Å². The number of nitrogens with one attached hydrogen (secondary N) is 1. The second-order valence-corrected chi connectivity index (χ2v) is 6.77. The molecule has 0 aliphatic heterocycles. The highest BCUT2D eigenvalue weighted by Gasteiger charge is 2.33. The summed E-state index contributed by atoms with van der Waals surface area (Å²) in [7, 11) is 3.42. The van der Waals surface area contributed by atoms with Gasteiger partial charge in [0.1, 0.15) is 4.88 Å². The van der Waals surface area contributed by atoms with Crippen molar-refractivity contribution in [3.8, 4) is 0 Å². The Morgan fingerprint density at radius 2 is 2.04 bits per heavy atom. The van der Waals surface area contributed by atoms with Gasteiger partial charge in [0.2, 0.25) is 0 Å². The molecule has 4 nitrogen and oxygen atoms in total. The van der Waals surface area contributed by atoms with Crippen molar-refractivity contribution in [3.05, 3.63) is 39.8 Å². The van der Waals surface area contributed by atoms with Crippen molar-refractivity contribution >= 4 is 28.6 Å². The van der Waals surface area contributed by atoms with Gasteiger partial charge in [0.05, 0.1) is 28.1 Å². The van der Waals surface area contributed by atoms with Gasteiger partial charge in [-0.3, -0.25) is 4.79 Å². The van der Waals surface area contributed by atoms with Crippen LogP contribution < -0.4 is 10.2 Å². The van der Waals surface area contributed by atoms with Crippen LogP contribution in [0.25, 0.3) is 0 Å². The Morgan fingerprint density at radius 1 is 1.33 bits per heavy atom. The van der Waals surface area contributed by atoms with Crippen molar-refractivity contribution in [2.75, 3.05) is 24.3 Å². The van der Waals surface area contributed by atoms with E-state index in [1.807, 2.05) is 0 Å². The zero-order valence-corrected chi connectivity index (χ0v) is 14.0. The number of halogens is 3. The zero-order chi connectivity index (χ0) is 17.5. The fraction of sp³-hybridized carbons (Fsp3) is 0.375. The summed E-state index contributed by atoms with van der Waals surface area (Å²) in [6.45, 7) is 0. The van der Waals surface area contributed by atoms with Gasteiger partial charge >= 0.3 is 6.18 Å². The highest BCUT2D eigenvalue weighted by Crippen LogP contribution is 2.42. The third kappa shape index (κ3) is 3.38. The van der Waals surface area contributed by atoms with Crippen LogP contribution in [0, 0.1) is 0 Å². The van der Waals surface area contributed by atoms with Gasteiger partial charge in [-0.05, 0) is 31.0 Å². The van der Waals surface area contributed by atoms with Crippen LogP contribution in [0.15, 0.2) is 23.7 Å². The number of alkyl halides is 3. The molecule has 1 aliphatic rings. The number of nitrogens with zero attached hydrogens (tertiary/aromatic N) is 2. The van der Waals surface area contributed by atoms with Gasteiger partial charge in [0, 0.05) is 20.0 Å². The number of carbonyl (C=O) groups excluding carboxylic acids is 1. The minimum Gasteiger partial charge on any atom is -0.376 e. The highest BCUT2D eigenvalue weighted by atomic mass is 32.1. The average Bonchev–Trinajstić information content (AvgIpc) is 3.22. The standard InChI is InChI=1S/C16H16F3N3OS/c1-22(2)12-6-5-10(16(17,18)19)7-11(12)21-15(23)14-13(9-3-4-9)20-8-24-14/h5-9H,3-4H2,1-2H3,(H,21,23). The number of carbonyl (C=O) groups is 1. The Balaban J connectivity index is 1.92. The van der Waals surface area contributed by atoms with Crippen molar-refractivity contribution in [1.29, 1.82) is 0 Å². The molecule has 1 amide bonds. The third-order valence-corrected chi connectivity index (χ3v) is 4.66. The topological polar surface area (TPSA) is 45.2 Å². The van der Waals surface area contributed by atoms with E-state index in [1.54, 1.807) is 24.5 Å². The van der Waals surface area contributed by atoms with Gasteiger partial charge in [-0.1, -0.05) is 0 Å². The fourth-order valence-corrected chi connectivity index (χ4v) is 3.22. The van der Waals surface area contributed by atoms with Gasteiger partial charge < -0.3 is 10.2 Å². The summed E-state index contributed by atoms with van der Waals surface area (Å²) in [4.78, 5) is 18.9. The molecular formula is C16H16F3N3OS. The molecule has 1 saturated carbocycles. The van der Waals surface area contributed by atoms with E-state index in [2.05, 4.69) is 10.3 Å². The maximum absolute atomic E-state index is 13.0. The van der Waals surface area contributed by atoms with E-state index in [4.69, 9.17) is 0 Å². The number of aromatic nitrogens is 1. The molecule has 1 heterocycles. The Kier molecular flexibility index (Phi) is 4.25. The van der Waals surface area contributed by atoms with Crippen LogP contribution in [-0.2, 0) is 6.18 Å². The minimum atomic E-state index is -4.46. The minimum absolute atomic E-state index is 0.134. The molecule has 0 saturated heterocycles. The Morgan fingerprint density at radius 3 is 2.62 bits per heavy atom. The van der Waals surface area contributed by atoms with Crippen LogP contribution in [0.1, 0.15) is 39.7 Å². The molecule has 1 fully saturated rings. The van der Waals surface area contributed by atoms with E-state index in [-0.39, 0.29) is 5.69 Å². The molecule has 0 radical (unpaired) electrons. The summed E-state index contributed by atoms with van der Waals surface area (Å²) >= 11 is 1.21. The largest absolute Gasteiger partial charge is 0.416 e. The normalized spacial score (nSPS) is 14.5. The van der Waals surface area contributed by atoms with Gasteiger partial charge in [0.15, 0.2) is 0 Å². The number of hydrogen-bond acceptors (Lipinski definition) is 4. The lowest BCUT2D eigenvalue weighted by molar-refractivity contribution is -0.137. The second-order valence-electron chi connectivity index (χ2n) is 5.92. The van der Waals surface area contributed by atoms with Gasteiger partial charge in [-0.25, -0.2) is 4.98 Å². The van der Waals surface area contributed by atoms with Crippen LogP contribution in [0.2, 0.25) is 0 Å². The van der Waals surface area contributed by atoms with E-state index in [1.165, 1.54) is 17.4 Å². The summed E-state index contributed by atoms with van der Waals surface area (Å²) in [6.07, 6.45) is -2.47. The monoisotopic (exact) mass is 355 g/mol. The molecule has 0 unspecified atom stereocenters. The quantitative estimate of drug-likeness (QED) is 0.886. The predicted molar refractivity (Wildman–Crippen MR) is 87.8 cm³/mol. The first-order valence-electron chi connectivity index (χ1n) is 7.40. The number of anilines is 2. The number of rotatable bonds is 4. The maximum atomic E-state index is 13.0. The number of hydrogen-bond donors (Lipinski definition) is 1. The molecular weight excluding hydrogens is 339 g/mol. The third-order valence-electron chi connectivity index (χ3n) is 3.82. The zero-order valence-electron chi connectivity index (χ0n) is 13.1. The van der Waals surface area contributed by atoms with E-state index >= 15 is 0 Å². The lowest BCUT2D eigenvalue weighted by Crippen LogP contribution is -2.18. The summed E-state index contributed by atoms with van der Waals surface area (Å²) in [5.41, 5.74) is 2.19. The lowest BCUT2D eigenvalue weighted by Gasteiger charge is -2.19. The lowest BCUT2D eigenvalue weighted by atomic mass is 10.1. The Labute approximate surface area is 141 Å². The van der Waals surface area contributed by atoms with E-state index in [9.17, 15) is 18.0 Å². The average molecular weight is 355 g/mol. The predicted octanol–water partition coefficient (Wildman–Crippen LogP) is 4.36. The molecule has 3 rings (SSSR count). The van der Waals surface area contributed by atoms with Crippen molar-refractivity contribution in [3.63, 3.8) is 0 Å². The van der Waals surface area contributed by atoms with Crippen molar-refractivity contribution < 1.29 is 18.0 Å². The molecule has 2 aromatic rings. The SMILES string of the molecule is CN(C)c1ccc(C(F)(F)F)cc1NC(=O)c1scnc1C1CC1. The molecule has 1 aliphatic carbocycles. The van der Waals surface area contributed by atoms with Crippen molar-refractivity contribution in [1.82, 2.24) is 4.98 Å². The number of amides is 1. The van der Waals surface area contributed by atoms with E-state index < -0.39 is 17.6 Å². The van der Waals surface area contributed by atoms with Crippen LogP contribution >= 0.6 is 11.3 Å². The molecule has 24 heavy (non-hydrogen) atoms. The van der Waals surface area contributed by atoms with E-state index in [0.29, 0.717) is 16.5 Å². The van der Waals surface area contributed by atoms with Gasteiger partial charge in [-0.2, -0.15) is 13.2 Å². The molecule has 1 aromatic heterocycles. The first-order chi connectivity index (χ1) is 11.3. The van der Waals surface area contributed by atoms with Crippen LogP contribution in [-0.4, -0.2) is 25.0 Å². The number of thiazole rings is 1. The molecule has 1 aromatic carbocycles. The molecule has 0 spiro atoms. The molecule has 0 atom stereocenters. The smallest absolute Gasteiger partial charge is 0.376 e. The van der Waals surface area contributed by atoms with E-state index in [0.717, 1.165) is 30.7 Å². The molecule has 8 heteroatoms. The molecule has 128 valence electrons. The maximum Gasteiger partial charge on any atom is 0.416 e. The number of benzene rings is 1. The van der Waals surface area contributed by atoms with Crippen LogP contribution in [0.5, 0.6) is 0 Å². The fourth-order valence-electron chi connectivity index (χ4n) is 2.45. The Bertz CT molecular complexity index is 766.